The number of urea groups is 1. The molecule has 142 valence electrons. The fourth-order valence-electron chi connectivity index (χ4n) is 3.34. The normalized spacial score (nSPS) is 15.9. The molecule has 0 spiro atoms. The molecule has 3 rings (SSSR count). The van der Waals surface area contributed by atoms with E-state index < -0.39 is 12.1 Å². The molecule has 1 heterocycles. The fraction of sp³-hybridized carbons (Fsp3) is 0.300. The number of piperazine rings is 1. The lowest BCUT2D eigenvalue weighted by atomic mass is 10.0. The first-order valence-corrected chi connectivity index (χ1v) is 9.29. The molecule has 1 saturated heterocycles. The number of imide groups is 1. The summed E-state index contributed by atoms with van der Waals surface area (Å²) in [5.74, 6) is -0.327. The van der Waals surface area contributed by atoms with Crippen molar-refractivity contribution in [2.24, 2.45) is 0 Å². The van der Waals surface area contributed by atoms with E-state index in [0.717, 1.165) is 29.4 Å². The summed E-state index contributed by atoms with van der Waals surface area (Å²) in [7, 11) is 1.49. The summed E-state index contributed by atoms with van der Waals surface area (Å²) in [5, 5.41) is 5.56. The van der Waals surface area contributed by atoms with Crippen molar-refractivity contribution in [1.82, 2.24) is 15.5 Å². The van der Waals surface area contributed by atoms with E-state index in [1.165, 1.54) is 7.05 Å². The van der Waals surface area contributed by atoms with Crippen LogP contribution in [0, 0.1) is 0 Å². The van der Waals surface area contributed by atoms with Gasteiger partial charge in [-0.05, 0) is 17.7 Å². The predicted molar refractivity (Wildman–Crippen MR) is 107 cm³/mol. The molecule has 0 aliphatic carbocycles. The summed E-state index contributed by atoms with van der Waals surface area (Å²) in [4.78, 5) is 28.7. The molecule has 0 saturated carbocycles. The molecule has 0 aromatic heterocycles. The van der Waals surface area contributed by atoms with E-state index in [9.17, 15) is 9.59 Å². The van der Waals surface area contributed by atoms with Gasteiger partial charge in [0, 0.05) is 33.2 Å². The summed E-state index contributed by atoms with van der Waals surface area (Å²) in [6, 6.07) is 16.3. The minimum atomic E-state index is -0.517. The van der Waals surface area contributed by atoms with Crippen LogP contribution in [0.15, 0.2) is 54.6 Å². The third kappa shape index (κ3) is 4.59. The molecule has 2 aromatic carbocycles. The van der Waals surface area contributed by atoms with Crippen LogP contribution in [0.2, 0.25) is 5.02 Å². The highest BCUT2D eigenvalue weighted by atomic mass is 35.5. The van der Waals surface area contributed by atoms with Gasteiger partial charge in [0.1, 0.15) is 6.04 Å². The van der Waals surface area contributed by atoms with E-state index in [1.807, 2.05) is 54.6 Å². The zero-order valence-corrected chi connectivity index (χ0v) is 15.9. The van der Waals surface area contributed by atoms with Crippen LogP contribution >= 0.6 is 11.6 Å². The Labute approximate surface area is 164 Å². The lowest BCUT2D eigenvalue weighted by Gasteiger charge is -2.39. The first-order valence-electron chi connectivity index (χ1n) is 8.91. The largest absolute Gasteiger partial charge is 0.368 e. The number of carbonyl (C=O) groups excluding carboxylic acids is 2. The molecule has 7 heteroatoms. The van der Waals surface area contributed by atoms with Crippen LogP contribution in [-0.2, 0) is 4.79 Å². The Morgan fingerprint density at radius 2 is 1.59 bits per heavy atom. The van der Waals surface area contributed by atoms with Gasteiger partial charge in [-0.15, -0.1) is 0 Å². The molecule has 0 bridgehead atoms. The van der Waals surface area contributed by atoms with Gasteiger partial charge < -0.3 is 10.2 Å². The Morgan fingerprint density at radius 1 is 0.963 bits per heavy atom. The first-order chi connectivity index (χ1) is 13.1. The molecule has 6 nitrogen and oxygen atoms in total. The lowest BCUT2D eigenvalue weighted by Crippen LogP contribution is -2.52. The highest BCUT2D eigenvalue weighted by molar-refractivity contribution is 6.33. The molecule has 1 fully saturated rings. The number of benzene rings is 2. The maximum atomic E-state index is 12.8. The number of anilines is 1. The third-order valence-corrected chi connectivity index (χ3v) is 5.02. The summed E-state index contributed by atoms with van der Waals surface area (Å²) in [6.07, 6.45) is 0. The number of halogens is 1. The van der Waals surface area contributed by atoms with Gasteiger partial charge in [0.25, 0.3) is 0 Å². The lowest BCUT2D eigenvalue weighted by molar-refractivity contribution is -0.125. The Morgan fingerprint density at radius 3 is 2.22 bits per heavy atom. The zero-order chi connectivity index (χ0) is 19.2. The number of nitrogens with one attached hydrogen (secondary N) is 2. The number of carbonyl (C=O) groups is 2. The van der Waals surface area contributed by atoms with Crippen molar-refractivity contribution in [3.8, 4) is 0 Å². The van der Waals surface area contributed by atoms with Crippen molar-refractivity contribution in [1.29, 1.82) is 0 Å². The van der Waals surface area contributed by atoms with Crippen molar-refractivity contribution < 1.29 is 9.59 Å². The van der Waals surface area contributed by atoms with E-state index in [1.54, 1.807) is 0 Å². The maximum absolute atomic E-state index is 12.8. The number of hydrogen-bond donors (Lipinski definition) is 2. The van der Waals surface area contributed by atoms with E-state index in [-0.39, 0.29) is 5.91 Å². The van der Waals surface area contributed by atoms with Gasteiger partial charge in [0.05, 0.1) is 10.7 Å². The Kier molecular flexibility index (Phi) is 6.32. The summed E-state index contributed by atoms with van der Waals surface area (Å²) in [6.45, 7) is 2.87. The Bertz CT molecular complexity index is 792. The number of hydrogen-bond acceptors (Lipinski definition) is 4. The second-order valence-corrected chi connectivity index (χ2v) is 6.76. The molecule has 0 radical (unpaired) electrons. The van der Waals surface area contributed by atoms with E-state index >= 15 is 0 Å². The quantitative estimate of drug-likeness (QED) is 0.847. The fourth-order valence-corrected chi connectivity index (χ4v) is 3.59. The van der Waals surface area contributed by atoms with Crippen molar-refractivity contribution >= 4 is 29.2 Å². The van der Waals surface area contributed by atoms with Crippen LogP contribution in [0.5, 0.6) is 0 Å². The molecule has 1 aliphatic rings. The highest BCUT2D eigenvalue weighted by Crippen LogP contribution is 2.28. The Hall–Kier alpha value is -2.57. The van der Waals surface area contributed by atoms with Gasteiger partial charge in [-0.25, -0.2) is 4.79 Å². The zero-order valence-electron chi connectivity index (χ0n) is 15.2. The summed E-state index contributed by atoms with van der Waals surface area (Å²) < 4.78 is 0. The van der Waals surface area contributed by atoms with Crippen molar-refractivity contribution in [2.45, 2.75) is 6.04 Å². The second kappa shape index (κ2) is 8.88. The molecule has 1 aliphatic heterocycles. The van der Waals surface area contributed by atoms with Crippen LogP contribution in [0.3, 0.4) is 0 Å². The standard InChI is InChI=1S/C20H23ClN4O2/c1-22-20(27)23-19(26)18(15-7-3-2-4-8-15)25-13-11-24(12-14-25)17-10-6-5-9-16(17)21/h2-10,18H,11-14H2,1H3,(H2,22,23,26,27). The average Bonchev–Trinajstić information content (AvgIpc) is 2.70. The molecular weight excluding hydrogens is 364 g/mol. The van der Waals surface area contributed by atoms with Gasteiger partial charge in [-0.1, -0.05) is 54.1 Å². The van der Waals surface area contributed by atoms with E-state index in [0.29, 0.717) is 13.1 Å². The minimum absolute atomic E-state index is 0.327. The van der Waals surface area contributed by atoms with E-state index in [2.05, 4.69) is 20.4 Å². The number of para-hydroxylation sites is 1. The minimum Gasteiger partial charge on any atom is -0.368 e. The van der Waals surface area contributed by atoms with Crippen LogP contribution in [0.25, 0.3) is 0 Å². The number of amides is 3. The molecule has 1 atom stereocenters. The van der Waals surface area contributed by atoms with Crippen LogP contribution in [0.1, 0.15) is 11.6 Å². The second-order valence-electron chi connectivity index (χ2n) is 6.36. The predicted octanol–water partition coefficient (Wildman–Crippen LogP) is 2.66. The molecule has 2 N–H and O–H groups in total. The van der Waals surface area contributed by atoms with Gasteiger partial charge in [-0.3, -0.25) is 15.0 Å². The van der Waals surface area contributed by atoms with Gasteiger partial charge in [0.15, 0.2) is 0 Å². The molecule has 3 amide bonds. The third-order valence-electron chi connectivity index (χ3n) is 4.70. The molecule has 2 aromatic rings. The van der Waals surface area contributed by atoms with Crippen LogP contribution in [0.4, 0.5) is 10.5 Å². The summed E-state index contributed by atoms with van der Waals surface area (Å²) in [5.41, 5.74) is 1.87. The van der Waals surface area contributed by atoms with Gasteiger partial charge >= 0.3 is 6.03 Å². The molecule has 1 unspecified atom stereocenters. The van der Waals surface area contributed by atoms with Gasteiger partial charge in [0.2, 0.25) is 5.91 Å². The van der Waals surface area contributed by atoms with Crippen molar-refractivity contribution in [3.05, 3.63) is 65.2 Å². The number of rotatable bonds is 4. The molecular formula is C20H23ClN4O2. The highest BCUT2D eigenvalue weighted by Gasteiger charge is 2.31. The Balaban J connectivity index is 1.75. The number of nitrogens with zero attached hydrogens (tertiary/aromatic N) is 2. The van der Waals surface area contributed by atoms with Gasteiger partial charge in [-0.2, -0.15) is 0 Å². The topological polar surface area (TPSA) is 64.7 Å². The smallest absolute Gasteiger partial charge is 0.321 e. The average molecular weight is 387 g/mol. The van der Waals surface area contributed by atoms with Crippen molar-refractivity contribution in [2.75, 3.05) is 38.1 Å². The maximum Gasteiger partial charge on any atom is 0.321 e. The monoisotopic (exact) mass is 386 g/mol. The SMILES string of the molecule is CNC(=O)NC(=O)C(c1ccccc1)N1CCN(c2ccccc2Cl)CC1. The summed E-state index contributed by atoms with van der Waals surface area (Å²) >= 11 is 6.31. The van der Waals surface area contributed by atoms with E-state index in [4.69, 9.17) is 11.6 Å². The van der Waals surface area contributed by atoms with Crippen LogP contribution < -0.4 is 15.5 Å². The van der Waals surface area contributed by atoms with Crippen molar-refractivity contribution in [3.63, 3.8) is 0 Å². The molecule has 27 heavy (non-hydrogen) atoms. The first kappa shape index (κ1) is 19.2. The van der Waals surface area contributed by atoms with Crippen LogP contribution in [-0.4, -0.2) is 50.1 Å².